The van der Waals surface area contributed by atoms with E-state index in [1.807, 2.05) is 4.68 Å². The predicted molar refractivity (Wildman–Crippen MR) is 68.4 cm³/mol. The molecule has 0 bridgehead atoms. The van der Waals surface area contributed by atoms with Gasteiger partial charge in [-0.2, -0.15) is 5.10 Å². The molecule has 0 aliphatic carbocycles. The average molecular weight is 227 g/mol. The van der Waals surface area contributed by atoms with Crippen molar-refractivity contribution in [3.8, 4) is 5.69 Å². The topological polar surface area (TPSA) is 29.9 Å². The summed E-state index contributed by atoms with van der Waals surface area (Å²) < 4.78 is 2.03. The van der Waals surface area contributed by atoms with Gasteiger partial charge in [0.1, 0.15) is 0 Å². The van der Waals surface area contributed by atoms with E-state index < -0.39 is 0 Å². The summed E-state index contributed by atoms with van der Waals surface area (Å²) in [5.74, 6) is 0. The fourth-order valence-electron chi connectivity index (χ4n) is 2.32. The number of aromatic nitrogens is 2. The molecule has 1 aliphatic heterocycles. The number of nitrogens with zero attached hydrogens (tertiary/aromatic N) is 2. The molecule has 2 aromatic rings. The zero-order valence-electron chi connectivity index (χ0n) is 10.3. The van der Waals surface area contributed by atoms with Crippen LogP contribution in [-0.4, -0.2) is 16.3 Å². The molecule has 17 heavy (non-hydrogen) atoms. The molecule has 3 heteroatoms. The lowest BCUT2D eigenvalue weighted by Gasteiger charge is -2.09. The van der Waals surface area contributed by atoms with Gasteiger partial charge in [-0.1, -0.05) is 12.1 Å². The van der Waals surface area contributed by atoms with E-state index in [-0.39, 0.29) is 0 Å². The molecule has 1 aliphatic rings. The van der Waals surface area contributed by atoms with E-state index in [0.717, 1.165) is 19.5 Å². The van der Waals surface area contributed by atoms with Crippen LogP contribution in [0, 0.1) is 13.8 Å². The van der Waals surface area contributed by atoms with Crippen LogP contribution < -0.4 is 5.32 Å². The van der Waals surface area contributed by atoms with Gasteiger partial charge in [0, 0.05) is 12.7 Å². The monoisotopic (exact) mass is 227 g/mol. The van der Waals surface area contributed by atoms with Crippen molar-refractivity contribution in [3.05, 3.63) is 46.8 Å². The van der Waals surface area contributed by atoms with Gasteiger partial charge in [0.25, 0.3) is 0 Å². The zero-order chi connectivity index (χ0) is 11.8. The maximum Gasteiger partial charge on any atom is 0.0799 e. The fraction of sp³-hybridized carbons (Fsp3) is 0.357. The van der Waals surface area contributed by atoms with Crippen LogP contribution >= 0.6 is 0 Å². The Bertz CT molecular complexity index is 531. The third-order valence-corrected chi connectivity index (χ3v) is 3.35. The van der Waals surface area contributed by atoms with Crippen molar-refractivity contribution in [1.29, 1.82) is 0 Å². The molecule has 0 amide bonds. The van der Waals surface area contributed by atoms with Gasteiger partial charge in [0.15, 0.2) is 0 Å². The van der Waals surface area contributed by atoms with Gasteiger partial charge < -0.3 is 5.32 Å². The van der Waals surface area contributed by atoms with E-state index in [1.54, 1.807) is 0 Å². The number of fused-ring (bicyclic) bond motifs is 1. The first-order valence-corrected chi connectivity index (χ1v) is 6.10. The average Bonchev–Trinajstić information content (AvgIpc) is 2.75. The molecule has 0 atom stereocenters. The lowest BCUT2D eigenvalue weighted by molar-refractivity contribution is 0.629. The highest BCUT2D eigenvalue weighted by Crippen LogP contribution is 2.19. The van der Waals surface area contributed by atoms with Gasteiger partial charge in [0.05, 0.1) is 11.4 Å². The van der Waals surface area contributed by atoms with E-state index in [2.05, 4.69) is 48.7 Å². The van der Waals surface area contributed by atoms with Crippen molar-refractivity contribution in [1.82, 2.24) is 15.1 Å². The lowest BCUT2D eigenvalue weighted by atomic mass is 10.1. The first kappa shape index (κ1) is 10.5. The van der Waals surface area contributed by atoms with Gasteiger partial charge in [0.2, 0.25) is 0 Å². The van der Waals surface area contributed by atoms with Crippen molar-refractivity contribution in [2.24, 2.45) is 0 Å². The Morgan fingerprint density at radius 2 is 2.18 bits per heavy atom. The second-order valence-electron chi connectivity index (χ2n) is 4.76. The third-order valence-electron chi connectivity index (χ3n) is 3.35. The Morgan fingerprint density at radius 1 is 1.29 bits per heavy atom. The molecule has 3 nitrogen and oxygen atoms in total. The van der Waals surface area contributed by atoms with Crippen molar-refractivity contribution < 1.29 is 0 Å². The minimum atomic E-state index is 0.896. The van der Waals surface area contributed by atoms with E-state index >= 15 is 0 Å². The molecule has 1 aromatic carbocycles. The van der Waals surface area contributed by atoms with Crippen LogP contribution in [-0.2, 0) is 13.0 Å². The smallest absolute Gasteiger partial charge is 0.0799 e. The van der Waals surface area contributed by atoms with Crippen LogP contribution in [0.3, 0.4) is 0 Å². The summed E-state index contributed by atoms with van der Waals surface area (Å²) in [6.45, 7) is 6.21. The van der Waals surface area contributed by atoms with Crippen LogP contribution in [0.25, 0.3) is 5.69 Å². The molecule has 0 fully saturated rings. The van der Waals surface area contributed by atoms with Crippen LogP contribution in [0.15, 0.2) is 24.4 Å². The van der Waals surface area contributed by atoms with E-state index in [0.29, 0.717) is 0 Å². The van der Waals surface area contributed by atoms with Crippen LogP contribution in [0.5, 0.6) is 0 Å². The minimum Gasteiger partial charge on any atom is -0.311 e. The van der Waals surface area contributed by atoms with Gasteiger partial charge in [-0.3, -0.25) is 0 Å². The molecule has 0 saturated heterocycles. The Hall–Kier alpha value is -1.61. The summed E-state index contributed by atoms with van der Waals surface area (Å²) in [4.78, 5) is 0. The Morgan fingerprint density at radius 3 is 3.00 bits per heavy atom. The van der Waals surface area contributed by atoms with Crippen molar-refractivity contribution >= 4 is 0 Å². The molecule has 2 heterocycles. The standard InChI is InChI=1S/C14H17N3/c1-10-3-4-11(2)14(7-10)17-9-12-5-6-15-8-13(12)16-17/h3-4,7,9,15H,5-6,8H2,1-2H3. The maximum absolute atomic E-state index is 4.68. The minimum absolute atomic E-state index is 0.896. The fourth-order valence-corrected chi connectivity index (χ4v) is 2.32. The van der Waals surface area contributed by atoms with Crippen LogP contribution in [0.1, 0.15) is 22.4 Å². The second kappa shape index (κ2) is 4.00. The lowest BCUT2D eigenvalue weighted by Crippen LogP contribution is -2.22. The maximum atomic E-state index is 4.68. The third kappa shape index (κ3) is 1.87. The molecule has 0 radical (unpaired) electrons. The van der Waals surface area contributed by atoms with Crippen molar-refractivity contribution in [2.45, 2.75) is 26.8 Å². The SMILES string of the molecule is Cc1ccc(C)c(-n2cc3c(n2)CNCC3)c1. The molecule has 88 valence electrons. The van der Waals surface area contributed by atoms with Crippen molar-refractivity contribution in [2.75, 3.05) is 6.54 Å². The van der Waals surface area contributed by atoms with E-state index in [9.17, 15) is 0 Å². The summed E-state index contributed by atoms with van der Waals surface area (Å²) in [6, 6.07) is 6.49. The molecule has 0 unspecified atom stereocenters. The van der Waals surface area contributed by atoms with E-state index in [1.165, 1.54) is 28.1 Å². The molecule has 1 aromatic heterocycles. The highest BCUT2D eigenvalue weighted by molar-refractivity contribution is 5.43. The molecular formula is C14H17N3. The molecular weight excluding hydrogens is 210 g/mol. The number of hydrogen-bond acceptors (Lipinski definition) is 2. The molecule has 1 N–H and O–H groups in total. The summed E-state index contributed by atoms with van der Waals surface area (Å²) >= 11 is 0. The Labute approximate surface area is 101 Å². The largest absolute Gasteiger partial charge is 0.311 e. The molecule has 0 saturated carbocycles. The number of rotatable bonds is 1. The molecule has 0 spiro atoms. The van der Waals surface area contributed by atoms with Gasteiger partial charge in [-0.05, 0) is 49.6 Å². The van der Waals surface area contributed by atoms with Gasteiger partial charge in [-0.25, -0.2) is 4.68 Å². The van der Waals surface area contributed by atoms with Gasteiger partial charge >= 0.3 is 0 Å². The summed E-state index contributed by atoms with van der Waals surface area (Å²) in [5, 5.41) is 8.03. The van der Waals surface area contributed by atoms with Crippen molar-refractivity contribution in [3.63, 3.8) is 0 Å². The van der Waals surface area contributed by atoms with Crippen LogP contribution in [0.2, 0.25) is 0 Å². The highest BCUT2D eigenvalue weighted by Gasteiger charge is 2.14. The summed E-state index contributed by atoms with van der Waals surface area (Å²) in [5.41, 5.74) is 6.31. The predicted octanol–water partition coefficient (Wildman–Crippen LogP) is 2.13. The first-order chi connectivity index (χ1) is 8.24. The normalized spacial score (nSPS) is 14.7. The molecule has 3 rings (SSSR count). The summed E-state index contributed by atoms with van der Waals surface area (Å²) in [6.07, 6.45) is 3.26. The Balaban J connectivity index is 2.08. The van der Waals surface area contributed by atoms with E-state index in [4.69, 9.17) is 0 Å². The summed E-state index contributed by atoms with van der Waals surface area (Å²) in [7, 11) is 0. The highest BCUT2D eigenvalue weighted by atomic mass is 15.3. The number of aryl methyl sites for hydroxylation is 2. The second-order valence-corrected chi connectivity index (χ2v) is 4.76. The number of nitrogens with one attached hydrogen (secondary N) is 1. The zero-order valence-corrected chi connectivity index (χ0v) is 10.3. The number of hydrogen-bond donors (Lipinski definition) is 1. The van der Waals surface area contributed by atoms with Gasteiger partial charge in [-0.15, -0.1) is 0 Å². The van der Waals surface area contributed by atoms with Crippen LogP contribution in [0.4, 0.5) is 0 Å². The quantitative estimate of drug-likeness (QED) is 0.809. The number of benzene rings is 1. The first-order valence-electron chi connectivity index (χ1n) is 6.10. The Kier molecular flexibility index (Phi) is 2.48.